The monoisotopic (exact) mass is 451 g/mol. The van der Waals surface area contributed by atoms with Crippen LogP contribution in [0.1, 0.15) is 35.2 Å². The van der Waals surface area contributed by atoms with Crippen LogP contribution in [0.25, 0.3) is 0 Å². The Hall–Kier alpha value is -3.45. The van der Waals surface area contributed by atoms with Crippen LogP contribution in [0.2, 0.25) is 5.02 Å². The number of amides is 1. The highest BCUT2D eigenvalue weighted by Crippen LogP contribution is 2.49. The summed E-state index contributed by atoms with van der Waals surface area (Å²) >= 11 is 6.27. The van der Waals surface area contributed by atoms with Crippen LogP contribution in [0.15, 0.2) is 61.2 Å². The minimum Gasteiger partial charge on any atom is -0.495 e. The Labute approximate surface area is 190 Å². The smallest absolute Gasteiger partial charge is 0.226 e. The summed E-state index contributed by atoms with van der Waals surface area (Å²) in [7, 11) is 1.55. The van der Waals surface area contributed by atoms with Crippen molar-refractivity contribution >= 4 is 23.3 Å². The maximum absolute atomic E-state index is 12.7. The fourth-order valence-corrected chi connectivity index (χ4v) is 3.63. The van der Waals surface area contributed by atoms with Gasteiger partial charge < -0.3 is 14.8 Å². The fraction of sp³-hybridized carbons (Fsp3) is 0.250. The van der Waals surface area contributed by atoms with Crippen LogP contribution in [-0.4, -0.2) is 28.8 Å². The zero-order chi connectivity index (χ0) is 22.6. The van der Waals surface area contributed by atoms with Gasteiger partial charge in [0, 0.05) is 25.4 Å². The van der Waals surface area contributed by atoms with Crippen molar-refractivity contribution in [2.75, 3.05) is 7.11 Å². The molecule has 1 heterocycles. The first-order valence-corrected chi connectivity index (χ1v) is 10.5. The van der Waals surface area contributed by atoms with Crippen molar-refractivity contribution in [2.45, 2.75) is 25.8 Å². The Morgan fingerprint density at radius 3 is 2.41 bits per heavy atom. The van der Waals surface area contributed by atoms with Gasteiger partial charge in [-0.1, -0.05) is 29.8 Å². The average molecular weight is 452 g/mol. The lowest BCUT2D eigenvalue weighted by Crippen LogP contribution is -2.33. The molecule has 1 aliphatic rings. The van der Waals surface area contributed by atoms with Crippen molar-refractivity contribution < 1.29 is 19.1 Å². The summed E-state index contributed by atoms with van der Waals surface area (Å²) in [5.41, 5.74) is 0.721. The number of nitrogens with one attached hydrogen (secondary N) is 1. The molecule has 1 N–H and O–H groups in total. The number of carbonyl (C=O) groups is 2. The van der Waals surface area contributed by atoms with Gasteiger partial charge >= 0.3 is 0 Å². The van der Waals surface area contributed by atoms with Gasteiger partial charge in [0.25, 0.3) is 0 Å². The summed E-state index contributed by atoms with van der Waals surface area (Å²) in [5.74, 6) is 1.43. The van der Waals surface area contributed by atoms with E-state index in [0.717, 1.165) is 5.56 Å². The molecule has 0 unspecified atom stereocenters. The predicted octanol–water partition coefficient (Wildman–Crippen LogP) is 4.60. The maximum Gasteiger partial charge on any atom is 0.226 e. The topological polar surface area (TPSA) is 90.4 Å². The van der Waals surface area contributed by atoms with Crippen LogP contribution in [0.3, 0.4) is 0 Å². The molecule has 164 valence electrons. The Bertz CT molecular complexity index is 1120. The summed E-state index contributed by atoms with van der Waals surface area (Å²) in [4.78, 5) is 32.9. The maximum atomic E-state index is 12.7. The molecule has 7 nitrogen and oxygen atoms in total. The molecule has 4 rings (SSSR count). The second kappa shape index (κ2) is 9.36. The van der Waals surface area contributed by atoms with E-state index in [9.17, 15) is 9.59 Å². The largest absolute Gasteiger partial charge is 0.495 e. The molecule has 1 aromatic heterocycles. The molecule has 3 aromatic rings. The number of carbonyl (C=O) groups excluding carboxylic acids is 2. The molecule has 1 fully saturated rings. The molecule has 1 aliphatic carbocycles. The molecule has 0 atom stereocenters. The van der Waals surface area contributed by atoms with Crippen LogP contribution in [-0.2, 0) is 11.3 Å². The van der Waals surface area contributed by atoms with E-state index in [2.05, 4.69) is 15.3 Å². The lowest BCUT2D eigenvalue weighted by molar-refractivity contribution is -0.126. The SMILES string of the molecule is COc1cccc(Oc2ccc(CNC(=O)C3(CC(=O)c4cncnc4)CC3)cc2)c1Cl. The van der Waals surface area contributed by atoms with E-state index in [1.165, 1.54) is 18.7 Å². The first-order valence-electron chi connectivity index (χ1n) is 10.2. The van der Waals surface area contributed by atoms with Crippen LogP contribution in [0.4, 0.5) is 0 Å². The summed E-state index contributed by atoms with van der Waals surface area (Å²) < 4.78 is 11.0. The molecule has 8 heteroatoms. The number of rotatable bonds is 9. The minimum absolute atomic E-state index is 0.105. The number of hydrogen-bond acceptors (Lipinski definition) is 6. The third-order valence-corrected chi connectivity index (χ3v) is 5.84. The molecular formula is C24H22ClN3O4. The van der Waals surface area contributed by atoms with Gasteiger partial charge in [-0.3, -0.25) is 9.59 Å². The zero-order valence-corrected chi connectivity index (χ0v) is 18.3. The first-order chi connectivity index (χ1) is 15.5. The van der Waals surface area contributed by atoms with Crippen molar-refractivity contribution in [3.05, 3.63) is 77.3 Å². The van der Waals surface area contributed by atoms with Crippen LogP contribution >= 0.6 is 11.6 Å². The Kier molecular flexibility index (Phi) is 6.37. The van der Waals surface area contributed by atoms with E-state index < -0.39 is 5.41 Å². The normalized spacial score (nSPS) is 13.8. The fourth-order valence-electron chi connectivity index (χ4n) is 3.39. The summed E-state index contributed by atoms with van der Waals surface area (Å²) in [6, 6.07) is 12.7. The van der Waals surface area contributed by atoms with Gasteiger partial charge in [-0.05, 0) is 42.7 Å². The molecular weight excluding hydrogens is 430 g/mol. The minimum atomic E-state index is -0.626. The van der Waals surface area contributed by atoms with Crippen LogP contribution in [0, 0.1) is 5.41 Å². The van der Waals surface area contributed by atoms with Crippen LogP contribution < -0.4 is 14.8 Å². The molecule has 0 bridgehead atoms. The van der Waals surface area contributed by atoms with Gasteiger partial charge in [0.2, 0.25) is 5.91 Å². The molecule has 1 amide bonds. The van der Waals surface area contributed by atoms with Gasteiger partial charge in [-0.25, -0.2) is 9.97 Å². The van der Waals surface area contributed by atoms with Gasteiger partial charge in [-0.15, -0.1) is 0 Å². The number of benzene rings is 2. The number of nitrogens with zero attached hydrogens (tertiary/aromatic N) is 2. The number of Topliss-reactive ketones (excluding diaryl/α,β-unsaturated/α-hetero) is 1. The predicted molar refractivity (Wildman–Crippen MR) is 119 cm³/mol. The van der Waals surface area contributed by atoms with Crippen molar-refractivity contribution in [2.24, 2.45) is 5.41 Å². The Morgan fingerprint density at radius 1 is 1.06 bits per heavy atom. The van der Waals surface area contributed by atoms with Gasteiger partial charge in [0.05, 0.1) is 18.1 Å². The highest BCUT2D eigenvalue weighted by molar-refractivity contribution is 6.33. The molecule has 0 saturated heterocycles. The quantitative estimate of drug-likeness (QED) is 0.478. The zero-order valence-electron chi connectivity index (χ0n) is 17.5. The second-order valence-corrected chi connectivity index (χ2v) is 8.09. The number of ether oxygens (including phenoxy) is 2. The van der Waals surface area contributed by atoms with E-state index in [4.69, 9.17) is 21.1 Å². The lowest BCUT2D eigenvalue weighted by Gasteiger charge is -2.15. The summed E-state index contributed by atoms with van der Waals surface area (Å²) in [6.45, 7) is 0.365. The number of ketones is 1. The summed E-state index contributed by atoms with van der Waals surface area (Å²) in [5, 5.41) is 3.35. The average Bonchev–Trinajstić information content (AvgIpc) is 3.61. The number of hydrogen-bond donors (Lipinski definition) is 1. The van der Waals surface area contributed by atoms with Crippen molar-refractivity contribution in [1.29, 1.82) is 0 Å². The molecule has 2 aromatic carbocycles. The lowest BCUT2D eigenvalue weighted by atomic mass is 9.95. The van der Waals surface area contributed by atoms with E-state index in [1.54, 1.807) is 25.3 Å². The van der Waals surface area contributed by atoms with E-state index in [-0.39, 0.29) is 18.1 Å². The van der Waals surface area contributed by atoms with E-state index >= 15 is 0 Å². The van der Waals surface area contributed by atoms with Crippen molar-refractivity contribution in [1.82, 2.24) is 15.3 Å². The van der Waals surface area contributed by atoms with Gasteiger partial charge in [0.15, 0.2) is 5.78 Å². The Morgan fingerprint density at radius 2 is 1.75 bits per heavy atom. The molecule has 0 aliphatic heterocycles. The van der Waals surface area contributed by atoms with Crippen molar-refractivity contribution in [3.8, 4) is 17.2 Å². The van der Waals surface area contributed by atoms with Crippen LogP contribution in [0.5, 0.6) is 17.2 Å². The number of aromatic nitrogens is 2. The van der Waals surface area contributed by atoms with E-state index in [0.29, 0.717) is 47.2 Å². The first kappa shape index (κ1) is 21.8. The highest BCUT2D eigenvalue weighted by atomic mass is 35.5. The van der Waals surface area contributed by atoms with Crippen molar-refractivity contribution in [3.63, 3.8) is 0 Å². The number of halogens is 1. The highest BCUT2D eigenvalue weighted by Gasteiger charge is 2.51. The standard InChI is InChI=1S/C24H22ClN3O4/c1-31-20-3-2-4-21(22(20)25)32-18-7-5-16(6-8-18)12-28-23(30)24(9-10-24)11-19(29)17-13-26-15-27-14-17/h2-8,13-15H,9-12H2,1H3,(H,28,30). The molecule has 0 radical (unpaired) electrons. The van der Waals surface area contributed by atoms with Gasteiger partial charge in [-0.2, -0.15) is 0 Å². The Balaban J connectivity index is 1.32. The van der Waals surface area contributed by atoms with Gasteiger partial charge in [0.1, 0.15) is 28.6 Å². The molecule has 0 spiro atoms. The third kappa shape index (κ3) is 4.89. The molecule has 32 heavy (non-hydrogen) atoms. The number of methoxy groups -OCH3 is 1. The molecule has 1 saturated carbocycles. The third-order valence-electron chi connectivity index (χ3n) is 5.47. The second-order valence-electron chi connectivity index (χ2n) is 7.71. The van der Waals surface area contributed by atoms with E-state index in [1.807, 2.05) is 24.3 Å². The summed E-state index contributed by atoms with van der Waals surface area (Å²) in [6.07, 6.45) is 5.90.